The Hall–Kier alpha value is -3.15. The molecule has 2 heterocycles. The molecule has 0 saturated heterocycles. The zero-order chi connectivity index (χ0) is 18.8. The Morgan fingerprint density at radius 1 is 1.07 bits per heavy atom. The molecule has 27 heavy (non-hydrogen) atoms. The van der Waals surface area contributed by atoms with E-state index in [1.54, 1.807) is 13.2 Å². The monoisotopic (exact) mass is 364 g/mol. The van der Waals surface area contributed by atoms with E-state index in [0.29, 0.717) is 6.54 Å². The molecule has 6 heteroatoms. The molecule has 0 aliphatic carbocycles. The van der Waals surface area contributed by atoms with Crippen molar-refractivity contribution < 1.29 is 9.13 Å². The van der Waals surface area contributed by atoms with E-state index < -0.39 is 0 Å². The number of hydrogen-bond donors (Lipinski definition) is 1. The van der Waals surface area contributed by atoms with Gasteiger partial charge in [-0.15, -0.1) is 0 Å². The minimum absolute atomic E-state index is 0.186. The van der Waals surface area contributed by atoms with Crippen molar-refractivity contribution in [3.63, 3.8) is 0 Å². The van der Waals surface area contributed by atoms with Gasteiger partial charge in [0.05, 0.1) is 12.8 Å². The summed E-state index contributed by atoms with van der Waals surface area (Å²) in [5.74, 6) is 1.58. The number of nitrogens with zero attached hydrogens (tertiary/aromatic N) is 3. The highest BCUT2D eigenvalue weighted by atomic mass is 19.1. The fraction of sp³-hybridized carbons (Fsp3) is 0.238. The Bertz CT molecular complexity index is 976. The number of fused-ring (bicyclic) bond motifs is 1. The third-order valence-electron chi connectivity index (χ3n) is 4.82. The van der Waals surface area contributed by atoms with Gasteiger partial charge in [0, 0.05) is 24.7 Å². The molecule has 0 unspecified atom stereocenters. The summed E-state index contributed by atoms with van der Waals surface area (Å²) < 4.78 is 18.8. The number of nitrogen functional groups attached to an aromatic ring is 1. The van der Waals surface area contributed by atoms with E-state index in [-0.39, 0.29) is 11.8 Å². The van der Waals surface area contributed by atoms with Crippen LogP contribution < -0.4 is 15.4 Å². The second-order valence-electron chi connectivity index (χ2n) is 6.64. The number of ether oxygens (including phenoxy) is 1. The number of aryl methyl sites for hydroxylation is 1. The van der Waals surface area contributed by atoms with Gasteiger partial charge in [-0.3, -0.25) is 0 Å². The van der Waals surface area contributed by atoms with Gasteiger partial charge >= 0.3 is 0 Å². The molecule has 0 spiro atoms. The van der Waals surface area contributed by atoms with Crippen molar-refractivity contribution in [1.29, 1.82) is 0 Å². The van der Waals surface area contributed by atoms with E-state index in [4.69, 9.17) is 10.5 Å². The minimum atomic E-state index is -0.186. The second kappa shape index (κ2) is 7.23. The highest BCUT2D eigenvalue weighted by Crippen LogP contribution is 2.28. The molecule has 0 fully saturated rings. The zero-order valence-electron chi connectivity index (χ0n) is 15.2. The summed E-state index contributed by atoms with van der Waals surface area (Å²) in [4.78, 5) is 11.0. The third-order valence-corrected chi connectivity index (χ3v) is 4.82. The lowest BCUT2D eigenvalue weighted by atomic mass is 10.0. The fourth-order valence-electron chi connectivity index (χ4n) is 3.47. The Morgan fingerprint density at radius 3 is 2.81 bits per heavy atom. The first-order valence-corrected chi connectivity index (χ1v) is 8.93. The van der Waals surface area contributed by atoms with Crippen LogP contribution in [0.2, 0.25) is 0 Å². The van der Waals surface area contributed by atoms with Gasteiger partial charge in [-0.25, -0.2) is 9.37 Å². The highest BCUT2D eigenvalue weighted by molar-refractivity contribution is 5.66. The predicted octanol–water partition coefficient (Wildman–Crippen LogP) is 3.83. The minimum Gasteiger partial charge on any atom is -0.497 e. The maximum absolute atomic E-state index is 13.5. The highest BCUT2D eigenvalue weighted by Gasteiger charge is 2.18. The summed E-state index contributed by atoms with van der Waals surface area (Å²) >= 11 is 0. The van der Waals surface area contributed by atoms with Crippen LogP contribution in [0.15, 0.2) is 48.5 Å². The standard InChI is InChI=1S/C21H21FN4O/c1-27-18-6-2-4-15(11-18)19-12-20(25-21(23)24-19)26-9-3-5-14-10-17(22)8-7-16(14)13-26/h2,4,6-8,10-12H,3,5,9,13H2,1H3,(H2,23,24,25). The second-order valence-corrected chi connectivity index (χ2v) is 6.64. The van der Waals surface area contributed by atoms with Crippen molar-refractivity contribution in [1.82, 2.24) is 9.97 Å². The molecule has 0 atom stereocenters. The van der Waals surface area contributed by atoms with Crippen LogP contribution in [0, 0.1) is 5.82 Å². The van der Waals surface area contributed by atoms with Crippen molar-refractivity contribution in [3.05, 3.63) is 65.5 Å². The molecule has 0 radical (unpaired) electrons. The summed E-state index contributed by atoms with van der Waals surface area (Å²) in [6.45, 7) is 1.49. The summed E-state index contributed by atoms with van der Waals surface area (Å²) in [6, 6.07) is 14.6. The van der Waals surface area contributed by atoms with Crippen LogP contribution in [0.1, 0.15) is 17.5 Å². The smallest absolute Gasteiger partial charge is 0.222 e. The van der Waals surface area contributed by atoms with Gasteiger partial charge in [0.25, 0.3) is 0 Å². The summed E-state index contributed by atoms with van der Waals surface area (Å²) in [6.07, 6.45) is 1.78. The summed E-state index contributed by atoms with van der Waals surface area (Å²) in [5.41, 5.74) is 9.85. The SMILES string of the molecule is COc1cccc(-c2cc(N3CCCc4cc(F)ccc4C3)nc(N)n2)c1. The average molecular weight is 364 g/mol. The van der Waals surface area contributed by atoms with Gasteiger partial charge < -0.3 is 15.4 Å². The van der Waals surface area contributed by atoms with Crippen molar-refractivity contribution in [2.45, 2.75) is 19.4 Å². The first-order chi connectivity index (χ1) is 13.1. The first kappa shape index (κ1) is 17.3. The molecule has 1 aromatic heterocycles. The summed E-state index contributed by atoms with van der Waals surface area (Å²) in [7, 11) is 1.64. The maximum atomic E-state index is 13.5. The number of aromatic nitrogens is 2. The molecule has 0 bridgehead atoms. The van der Waals surface area contributed by atoms with Crippen molar-refractivity contribution in [2.75, 3.05) is 24.3 Å². The molecule has 4 rings (SSSR count). The number of nitrogens with two attached hydrogens (primary N) is 1. The maximum Gasteiger partial charge on any atom is 0.222 e. The Morgan fingerprint density at radius 2 is 1.96 bits per heavy atom. The van der Waals surface area contributed by atoms with Crippen molar-refractivity contribution in [2.24, 2.45) is 0 Å². The molecule has 0 amide bonds. The van der Waals surface area contributed by atoms with Crippen LogP contribution in [0.5, 0.6) is 5.75 Å². The Balaban J connectivity index is 1.69. The number of anilines is 2. The fourth-order valence-corrected chi connectivity index (χ4v) is 3.47. The largest absolute Gasteiger partial charge is 0.497 e. The Labute approximate surface area is 157 Å². The molecule has 2 aromatic carbocycles. The first-order valence-electron chi connectivity index (χ1n) is 8.93. The quantitative estimate of drug-likeness (QED) is 0.765. The van der Waals surface area contributed by atoms with E-state index in [0.717, 1.165) is 53.3 Å². The van der Waals surface area contributed by atoms with E-state index >= 15 is 0 Å². The molecule has 1 aliphatic rings. The molecular formula is C21H21FN4O. The predicted molar refractivity (Wildman–Crippen MR) is 104 cm³/mol. The molecule has 0 saturated carbocycles. The van der Waals surface area contributed by atoms with E-state index in [9.17, 15) is 4.39 Å². The van der Waals surface area contributed by atoms with Gasteiger partial charge in [0.1, 0.15) is 17.4 Å². The van der Waals surface area contributed by atoms with Crippen LogP contribution in [0.25, 0.3) is 11.3 Å². The lowest BCUT2D eigenvalue weighted by molar-refractivity contribution is 0.415. The van der Waals surface area contributed by atoms with E-state index in [1.807, 2.05) is 36.4 Å². The molecular weight excluding hydrogens is 343 g/mol. The number of halogens is 1. The number of methoxy groups -OCH3 is 1. The summed E-state index contributed by atoms with van der Waals surface area (Å²) in [5, 5.41) is 0. The normalized spacial score (nSPS) is 13.8. The molecule has 3 aromatic rings. The lowest BCUT2D eigenvalue weighted by Crippen LogP contribution is -2.24. The zero-order valence-corrected chi connectivity index (χ0v) is 15.2. The van der Waals surface area contributed by atoms with Crippen LogP contribution in [-0.4, -0.2) is 23.6 Å². The lowest BCUT2D eigenvalue weighted by Gasteiger charge is -2.22. The van der Waals surface area contributed by atoms with Gasteiger partial charge in [0.2, 0.25) is 5.95 Å². The number of benzene rings is 2. The van der Waals surface area contributed by atoms with Crippen molar-refractivity contribution >= 4 is 11.8 Å². The molecule has 2 N–H and O–H groups in total. The Kier molecular flexibility index (Phi) is 4.62. The molecule has 5 nitrogen and oxygen atoms in total. The van der Waals surface area contributed by atoms with Gasteiger partial charge in [-0.2, -0.15) is 4.98 Å². The van der Waals surface area contributed by atoms with Crippen LogP contribution in [-0.2, 0) is 13.0 Å². The topological polar surface area (TPSA) is 64.3 Å². The van der Waals surface area contributed by atoms with Gasteiger partial charge in [0.15, 0.2) is 0 Å². The van der Waals surface area contributed by atoms with Crippen LogP contribution >= 0.6 is 0 Å². The van der Waals surface area contributed by atoms with Gasteiger partial charge in [-0.05, 0) is 48.2 Å². The molecule has 1 aliphatic heterocycles. The third kappa shape index (κ3) is 3.69. The van der Waals surface area contributed by atoms with Crippen molar-refractivity contribution in [3.8, 4) is 17.0 Å². The molecule has 138 valence electrons. The number of rotatable bonds is 3. The van der Waals surface area contributed by atoms with Crippen LogP contribution in [0.4, 0.5) is 16.2 Å². The van der Waals surface area contributed by atoms with E-state index in [2.05, 4.69) is 14.9 Å². The van der Waals surface area contributed by atoms with Crippen LogP contribution in [0.3, 0.4) is 0 Å². The van der Waals surface area contributed by atoms with Gasteiger partial charge in [-0.1, -0.05) is 18.2 Å². The number of hydrogen-bond acceptors (Lipinski definition) is 5. The van der Waals surface area contributed by atoms with E-state index in [1.165, 1.54) is 6.07 Å². The average Bonchev–Trinajstić information content (AvgIpc) is 2.89.